The van der Waals surface area contributed by atoms with Gasteiger partial charge in [0.15, 0.2) is 18.5 Å². The fraction of sp³-hybridized carbons (Fsp3) is 0.235. The van der Waals surface area contributed by atoms with Gasteiger partial charge in [-0.3, -0.25) is 0 Å². The molecule has 4 aromatic rings. The molecule has 6 atom stereocenters. The Morgan fingerprint density at radius 1 is 0.690 bits per heavy atom. The number of ether oxygens (including phenoxy) is 5. The lowest BCUT2D eigenvalue weighted by Gasteiger charge is -2.48. The predicted octanol–water partition coefficient (Wildman–Crippen LogP) is 6.38. The smallest absolute Gasteiger partial charge is 0.338 e. The highest BCUT2D eigenvalue weighted by Gasteiger charge is 2.54. The van der Waals surface area contributed by atoms with Gasteiger partial charge in [0.05, 0.1) is 17.7 Å². The number of benzene rings is 4. The monoisotopic (exact) mass is 582 g/mol. The molecule has 214 valence electrons. The van der Waals surface area contributed by atoms with Gasteiger partial charge >= 0.3 is 11.9 Å². The van der Waals surface area contributed by atoms with E-state index >= 15 is 0 Å². The molecule has 7 nitrogen and oxygen atoms in total. The van der Waals surface area contributed by atoms with Crippen LogP contribution in [0.15, 0.2) is 120 Å². The first-order valence-electron chi connectivity index (χ1n) is 13.8. The number of rotatable bonds is 7. The Morgan fingerprint density at radius 2 is 1.24 bits per heavy atom. The van der Waals surface area contributed by atoms with E-state index in [2.05, 4.69) is 0 Å². The summed E-state index contributed by atoms with van der Waals surface area (Å²) in [6.07, 6.45) is -4.02. The normalized spacial score (nSPS) is 25.2. The van der Waals surface area contributed by atoms with Gasteiger partial charge in [0.1, 0.15) is 17.6 Å². The quantitative estimate of drug-likeness (QED) is 0.232. The van der Waals surface area contributed by atoms with Gasteiger partial charge in [-0.05, 0) is 43.3 Å². The van der Waals surface area contributed by atoms with Gasteiger partial charge in [-0.15, -0.1) is 0 Å². The van der Waals surface area contributed by atoms with Crippen LogP contribution in [0.5, 0.6) is 0 Å². The Kier molecular flexibility index (Phi) is 8.67. The summed E-state index contributed by atoms with van der Waals surface area (Å²) in [4.78, 5) is 27.8. The molecular formula is C34H30O7S. The average molecular weight is 583 g/mol. The van der Waals surface area contributed by atoms with Crippen molar-refractivity contribution < 1.29 is 33.3 Å². The van der Waals surface area contributed by atoms with Crippen molar-refractivity contribution in [1.82, 2.24) is 0 Å². The molecule has 0 aromatic heterocycles. The van der Waals surface area contributed by atoms with Crippen molar-refractivity contribution in [3.63, 3.8) is 0 Å². The van der Waals surface area contributed by atoms with Crippen LogP contribution in [0.4, 0.5) is 0 Å². The van der Waals surface area contributed by atoms with E-state index in [-0.39, 0.29) is 6.61 Å². The van der Waals surface area contributed by atoms with Crippen molar-refractivity contribution in [1.29, 1.82) is 0 Å². The highest BCUT2D eigenvalue weighted by Crippen LogP contribution is 2.41. The number of carbonyl (C=O) groups is 2. The molecule has 0 unspecified atom stereocenters. The van der Waals surface area contributed by atoms with Gasteiger partial charge in [-0.25, -0.2) is 9.59 Å². The fourth-order valence-electron chi connectivity index (χ4n) is 4.96. The first kappa shape index (κ1) is 28.2. The highest BCUT2D eigenvalue weighted by molar-refractivity contribution is 7.99. The second kappa shape index (κ2) is 12.9. The van der Waals surface area contributed by atoms with Gasteiger partial charge in [-0.2, -0.15) is 0 Å². The van der Waals surface area contributed by atoms with Crippen LogP contribution in [0, 0.1) is 6.92 Å². The molecule has 2 fully saturated rings. The third-order valence-corrected chi connectivity index (χ3v) is 8.29. The fourth-order valence-corrected chi connectivity index (χ4v) is 6.07. The number of thioether (sulfide) groups is 1. The third kappa shape index (κ3) is 6.42. The van der Waals surface area contributed by atoms with Crippen molar-refractivity contribution in [2.45, 2.75) is 48.0 Å². The summed E-state index contributed by atoms with van der Waals surface area (Å²) < 4.78 is 31.3. The van der Waals surface area contributed by atoms with Crippen LogP contribution in [0.25, 0.3) is 0 Å². The largest absolute Gasteiger partial charge is 0.452 e. The molecule has 2 aliphatic rings. The molecule has 0 spiro atoms. The van der Waals surface area contributed by atoms with E-state index in [1.807, 2.05) is 73.7 Å². The van der Waals surface area contributed by atoms with Gasteiger partial charge in [0.2, 0.25) is 0 Å². The predicted molar refractivity (Wildman–Crippen MR) is 157 cm³/mol. The van der Waals surface area contributed by atoms with Gasteiger partial charge in [0.25, 0.3) is 0 Å². The zero-order valence-electron chi connectivity index (χ0n) is 22.9. The van der Waals surface area contributed by atoms with Crippen LogP contribution in [-0.2, 0) is 23.7 Å². The molecular weight excluding hydrogens is 552 g/mol. The number of hydrogen-bond acceptors (Lipinski definition) is 8. The maximum absolute atomic E-state index is 13.4. The number of carbonyl (C=O) groups excluding carboxylic acids is 2. The first-order valence-corrected chi connectivity index (χ1v) is 14.7. The Morgan fingerprint density at radius 3 is 1.83 bits per heavy atom. The Hall–Kier alpha value is -3.95. The second-order valence-corrected chi connectivity index (χ2v) is 11.3. The van der Waals surface area contributed by atoms with Gasteiger partial charge in [0, 0.05) is 10.5 Å². The third-order valence-electron chi connectivity index (χ3n) is 7.13. The van der Waals surface area contributed by atoms with Gasteiger partial charge in [-0.1, -0.05) is 96.2 Å². The van der Waals surface area contributed by atoms with Crippen LogP contribution in [0.3, 0.4) is 0 Å². The molecule has 42 heavy (non-hydrogen) atoms. The van der Waals surface area contributed by atoms with Crippen molar-refractivity contribution in [3.05, 3.63) is 138 Å². The van der Waals surface area contributed by atoms with Crippen LogP contribution in [0.2, 0.25) is 0 Å². The van der Waals surface area contributed by atoms with E-state index in [0.29, 0.717) is 11.1 Å². The summed E-state index contributed by atoms with van der Waals surface area (Å²) in [5, 5.41) is 0. The molecule has 8 heteroatoms. The molecule has 0 amide bonds. The lowest BCUT2D eigenvalue weighted by Crippen LogP contribution is -2.63. The van der Waals surface area contributed by atoms with E-state index in [1.165, 1.54) is 11.8 Å². The molecule has 2 saturated heterocycles. The summed E-state index contributed by atoms with van der Waals surface area (Å²) >= 11 is 1.40. The Labute approximate surface area is 248 Å². The van der Waals surface area contributed by atoms with E-state index in [0.717, 1.165) is 16.0 Å². The second-order valence-electron chi connectivity index (χ2n) is 10.1. The lowest BCUT2D eigenvalue weighted by atomic mass is 9.98. The van der Waals surface area contributed by atoms with Crippen LogP contribution < -0.4 is 0 Å². The van der Waals surface area contributed by atoms with Gasteiger partial charge < -0.3 is 23.7 Å². The molecule has 6 rings (SSSR count). The summed E-state index contributed by atoms with van der Waals surface area (Å²) in [5.74, 6) is -1.10. The SMILES string of the molecule is Cc1ccc(S[C@@H]2O[C@@H]3CO[C@H](c4ccccc4)O[C@@H]3[C@H](OC(=O)c3ccccc3)[C@H]2OC(=O)c2ccccc2)cc1. The van der Waals surface area contributed by atoms with Crippen LogP contribution in [-0.4, -0.2) is 48.4 Å². The van der Waals surface area contributed by atoms with Crippen molar-refractivity contribution in [3.8, 4) is 0 Å². The van der Waals surface area contributed by atoms with E-state index in [1.54, 1.807) is 48.5 Å². The number of hydrogen-bond donors (Lipinski definition) is 0. The molecule has 4 aromatic carbocycles. The molecule has 0 saturated carbocycles. The zero-order valence-corrected chi connectivity index (χ0v) is 23.7. The molecule has 0 radical (unpaired) electrons. The molecule has 0 bridgehead atoms. The van der Waals surface area contributed by atoms with Crippen molar-refractivity contribution in [2.24, 2.45) is 0 Å². The van der Waals surface area contributed by atoms with Crippen molar-refractivity contribution >= 4 is 23.7 Å². The van der Waals surface area contributed by atoms with Crippen LogP contribution in [0.1, 0.15) is 38.1 Å². The molecule has 2 heterocycles. The minimum Gasteiger partial charge on any atom is -0.452 e. The topological polar surface area (TPSA) is 80.3 Å². The minimum absolute atomic E-state index is 0.202. The zero-order chi connectivity index (χ0) is 28.9. The summed E-state index contributed by atoms with van der Waals surface area (Å²) in [6.45, 7) is 2.22. The molecule has 2 aliphatic heterocycles. The maximum atomic E-state index is 13.4. The average Bonchev–Trinajstić information content (AvgIpc) is 3.04. The molecule has 0 aliphatic carbocycles. The standard InChI is InChI=1S/C34H30O7S/c1-22-17-19-26(20-18-22)42-34-30(40-32(36)24-13-7-3-8-14-24)29(39-31(35)23-11-5-2-6-12-23)28-27(38-34)21-37-33(41-28)25-15-9-4-10-16-25/h2-20,27-30,33-34H,21H2,1H3/t27-,28+,29+,30-,33+,34+/m1/s1. The Bertz CT molecular complexity index is 1480. The van der Waals surface area contributed by atoms with E-state index in [4.69, 9.17) is 23.7 Å². The van der Waals surface area contributed by atoms with E-state index < -0.39 is 48.1 Å². The summed E-state index contributed by atoms with van der Waals surface area (Å²) in [6, 6.07) is 34.9. The van der Waals surface area contributed by atoms with Crippen LogP contribution >= 0.6 is 11.8 Å². The Balaban J connectivity index is 1.36. The number of esters is 2. The summed E-state index contributed by atoms with van der Waals surface area (Å²) in [5.41, 5.74) is 1.98. The minimum atomic E-state index is -0.993. The lowest BCUT2D eigenvalue weighted by molar-refractivity contribution is -0.317. The number of fused-ring (bicyclic) bond motifs is 1. The maximum Gasteiger partial charge on any atom is 0.338 e. The number of aryl methyl sites for hydroxylation is 1. The molecule has 0 N–H and O–H groups in total. The van der Waals surface area contributed by atoms with Crippen molar-refractivity contribution in [2.75, 3.05) is 6.61 Å². The highest BCUT2D eigenvalue weighted by atomic mass is 32.2. The van der Waals surface area contributed by atoms with E-state index in [9.17, 15) is 9.59 Å². The first-order chi connectivity index (χ1) is 20.5. The summed E-state index contributed by atoms with van der Waals surface area (Å²) in [7, 11) is 0.